The van der Waals surface area contributed by atoms with E-state index in [4.69, 9.17) is 5.11 Å². The number of carbonyl (C=O) groups is 2. The first-order chi connectivity index (χ1) is 9.99. The lowest BCUT2D eigenvalue weighted by atomic mass is 10.1. The Morgan fingerprint density at radius 2 is 2.10 bits per heavy atom. The zero-order valence-electron chi connectivity index (χ0n) is 11.3. The fourth-order valence-electron chi connectivity index (χ4n) is 2.38. The molecule has 1 aliphatic heterocycles. The molecule has 114 valence electrons. The molecule has 0 saturated carbocycles. The van der Waals surface area contributed by atoms with Crippen molar-refractivity contribution in [2.75, 3.05) is 13.1 Å². The van der Waals surface area contributed by atoms with Crippen LogP contribution < -0.4 is 5.32 Å². The Kier molecular flexibility index (Phi) is 4.74. The fraction of sp³-hybridized carbons (Fsp3) is 0.429. The third-order valence-corrected chi connectivity index (χ3v) is 3.45. The molecule has 1 aliphatic rings. The van der Waals surface area contributed by atoms with Crippen LogP contribution in [0, 0.1) is 5.82 Å². The molecule has 0 bridgehead atoms. The maximum absolute atomic E-state index is 13.4. The average Bonchev–Trinajstić information content (AvgIpc) is 2.83. The van der Waals surface area contributed by atoms with Gasteiger partial charge in [-0.2, -0.15) is 0 Å². The Labute approximate surface area is 121 Å². The van der Waals surface area contributed by atoms with Crippen LogP contribution in [0.5, 0.6) is 0 Å². The highest BCUT2D eigenvalue weighted by atomic mass is 19.1. The number of aliphatic hydroxyl groups excluding tert-OH is 1. The lowest BCUT2D eigenvalue weighted by Crippen LogP contribution is -2.46. The van der Waals surface area contributed by atoms with E-state index in [1.807, 2.05) is 0 Å². The molecule has 1 aromatic rings. The van der Waals surface area contributed by atoms with Gasteiger partial charge in [-0.3, -0.25) is 0 Å². The summed E-state index contributed by atoms with van der Waals surface area (Å²) in [4.78, 5) is 24.0. The molecular weight excluding hydrogens is 279 g/mol. The first-order valence-corrected chi connectivity index (χ1v) is 6.67. The average molecular weight is 296 g/mol. The van der Waals surface area contributed by atoms with Crippen molar-refractivity contribution in [2.24, 2.45) is 0 Å². The SMILES string of the molecule is O=C(O)[C@@H]1C[C@H](O)CN1C(=O)NCCc1ccccc1F. The van der Waals surface area contributed by atoms with Gasteiger partial charge in [-0.25, -0.2) is 14.0 Å². The number of carbonyl (C=O) groups excluding carboxylic acids is 1. The number of rotatable bonds is 4. The number of aliphatic hydroxyl groups is 1. The van der Waals surface area contributed by atoms with Crippen LogP contribution in [0.2, 0.25) is 0 Å². The Morgan fingerprint density at radius 3 is 2.76 bits per heavy atom. The zero-order valence-corrected chi connectivity index (χ0v) is 11.3. The summed E-state index contributed by atoms with van der Waals surface area (Å²) in [7, 11) is 0. The van der Waals surface area contributed by atoms with Gasteiger partial charge in [0.25, 0.3) is 0 Å². The Balaban J connectivity index is 1.87. The second-order valence-corrected chi connectivity index (χ2v) is 4.97. The number of hydrogen-bond donors (Lipinski definition) is 3. The Morgan fingerprint density at radius 1 is 1.38 bits per heavy atom. The molecule has 1 saturated heterocycles. The molecule has 2 rings (SSSR count). The van der Waals surface area contributed by atoms with Crippen molar-refractivity contribution in [1.29, 1.82) is 0 Å². The Hall–Kier alpha value is -2.15. The molecule has 0 radical (unpaired) electrons. The van der Waals surface area contributed by atoms with Crippen LogP contribution in [0.3, 0.4) is 0 Å². The van der Waals surface area contributed by atoms with E-state index in [0.717, 1.165) is 4.90 Å². The normalized spacial score (nSPS) is 21.3. The van der Waals surface area contributed by atoms with Gasteiger partial charge >= 0.3 is 12.0 Å². The molecule has 0 aliphatic carbocycles. The maximum Gasteiger partial charge on any atom is 0.326 e. The summed E-state index contributed by atoms with van der Waals surface area (Å²) in [5.41, 5.74) is 0.481. The summed E-state index contributed by atoms with van der Waals surface area (Å²) in [5.74, 6) is -1.48. The van der Waals surface area contributed by atoms with Gasteiger partial charge in [0, 0.05) is 19.5 Å². The molecule has 1 aromatic carbocycles. The van der Waals surface area contributed by atoms with E-state index in [1.54, 1.807) is 18.2 Å². The number of carboxylic acids is 1. The lowest BCUT2D eigenvalue weighted by Gasteiger charge is -2.21. The van der Waals surface area contributed by atoms with Gasteiger partial charge in [-0.05, 0) is 18.1 Å². The van der Waals surface area contributed by atoms with Gasteiger partial charge in [-0.15, -0.1) is 0 Å². The van der Waals surface area contributed by atoms with E-state index < -0.39 is 24.1 Å². The molecule has 1 heterocycles. The third-order valence-electron chi connectivity index (χ3n) is 3.45. The lowest BCUT2D eigenvalue weighted by molar-refractivity contribution is -0.141. The summed E-state index contributed by atoms with van der Waals surface area (Å²) < 4.78 is 13.4. The van der Waals surface area contributed by atoms with Gasteiger partial charge < -0.3 is 20.4 Å². The predicted molar refractivity (Wildman–Crippen MR) is 72.3 cm³/mol. The number of aliphatic carboxylic acids is 1. The molecule has 3 N–H and O–H groups in total. The molecule has 21 heavy (non-hydrogen) atoms. The van der Waals surface area contributed by atoms with E-state index in [2.05, 4.69) is 5.32 Å². The van der Waals surface area contributed by atoms with E-state index >= 15 is 0 Å². The Bertz CT molecular complexity index is 537. The summed E-state index contributed by atoms with van der Waals surface area (Å²) in [6.45, 7) is 0.182. The van der Waals surface area contributed by atoms with Crippen molar-refractivity contribution in [3.05, 3.63) is 35.6 Å². The van der Waals surface area contributed by atoms with Crippen molar-refractivity contribution in [3.8, 4) is 0 Å². The van der Waals surface area contributed by atoms with Crippen molar-refractivity contribution >= 4 is 12.0 Å². The van der Waals surface area contributed by atoms with Crippen LogP contribution in [0.15, 0.2) is 24.3 Å². The second-order valence-electron chi connectivity index (χ2n) is 4.97. The maximum atomic E-state index is 13.4. The predicted octanol–water partition coefficient (Wildman–Crippen LogP) is 0.598. The molecule has 6 nitrogen and oxygen atoms in total. The summed E-state index contributed by atoms with van der Waals surface area (Å²) in [5, 5.41) is 21.0. The van der Waals surface area contributed by atoms with E-state index in [9.17, 15) is 19.1 Å². The molecule has 0 aromatic heterocycles. The van der Waals surface area contributed by atoms with Crippen LogP contribution in [-0.2, 0) is 11.2 Å². The molecular formula is C14H17FN2O4. The van der Waals surface area contributed by atoms with Crippen molar-refractivity contribution in [2.45, 2.75) is 25.0 Å². The summed E-state index contributed by atoms with van der Waals surface area (Å²) >= 11 is 0. The number of β-amino-alcohol motifs (C(OH)–C–C–N with tert-alkyl or cyclic N) is 1. The number of halogens is 1. The molecule has 1 fully saturated rings. The van der Waals surface area contributed by atoms with Crippen molar-refractivity contribution in [3.63, 3.8) is 0 Å². The number of benzene rings is 1. The quantitative estimate of drug-likeness (QED) is 0.759. The monoisotopic (exact) mass is 296 g/mol. The van der Waals surface area contributed by atoms with Crippen LogP contribution in [0.25, 0.3) is 0 Å². The van der Waals surface area contributed by atoms with E-state index in [1.165, 1.54) is 6.07 Å². The number of urea groups is 1. The highest BCUT2D eigenvalue weighted by molar-refractivity contribution is 5.83. The van der Waals surface area contributed by atoms with E-state index in [-0.39, 0.29) is 25.3 Å². The van der Waals surface area contributed by atoms with Gasteiger partial charge in [0.05, 0.1) is 6.10 Å². The highest BCUT2D eigenvalue weighted by Gasteiger charge is 2.38. The van der Waals surface area contributed by atoms with Crippen LogP contribution in [0.4, 0.5) is 9.18 Å². The third kappa shape index (κ3) is 3.69. The molecule has 0 unspecified atom stereocenters. The fourth-order valence-corrected chi connectivity index (χ4v) is 2.38. The molecule has 0 spiro atoms. The van der Waals surface area contributed by atoms with Crippen LogP contribution in [-0.4, -0.2) is 52.3 Å². The van der Waals surface area contributed by atoms with Gasteiger partial charge in [-0.1, -0.05) is 18.2 Å². The first-order valence-electron chi connectivity index (χ1n) is 6.67. The standard InChI is InChI=1S/C14H17FN2O4/c15-11-4-2-1-3-9(11)5-6-16-14(21)17-8-10(18)7-12(17)13(19)20/h1-4,10,12,18H,5-8H2,(H,16,21)(H,19,20)/t10-,12-/m0/s1. The minimum Gasteiger partial charge on any atom is -0.480 e. The molecule has 2 atom stereocenters. The number of nitrogens with zero attached hydrogens (tertiary/aromatic N) is 1. The topological polar surface area (TPSA) is 89.9 Å². The number of carboxylic acid groups (broad SMARTS) is 1. The highest BCUT2D eigenvalue weighted by Crippen LogP contribution is 2.18. The van der Waals surface area contributed by atoms with Gasteiger partial charge in [0.2, 0.25) is 0 Å². The van der Waals surface area contributed by atoms with Crippen molar-refractivity contribution < 1.29 is 24.2 Å². The molecule has 2 amide bonds. The number of likely N-dealkylation sites (tertiary alicyclic amines) is 1. The summed E-state index contributed by atoms with van der Waals surface area (Å²) in [6, 6.07) is 4.68. The second kappa shape index (κ2) is 6.53. The van der Waals surface area contributed by atoms with Crippen LogP contribution >= 0.6 is 0 Å². The van der Waals surface area contributed by atoms with E-state index in [0.29, 0.717) is 12.0 Å². The number of amides is 2. The van der Waals surface area contributed by atoms with Gasteiger partial charge in [0.15, 0.2) is 0 Å². The summed E-state index contributed by atoms with van der Waals surface area (Å²) in [6.07, 6.45) is -0.494. The zero-order chi connectivity index (χ0) is 15.4. The minimum atomic E-state index is -1.14. The smallest absolute Gasteiger partial charge is 0.326 e. The first kappa shape index (κ1) is 15.2. The van der Waals surface area contributed by atoms with Crippen LogP contribution in [0.1, 0.15) is 12.0 Å². The number of hydrogen-bond acceptors (Lipinski definition) is 3. The molecule has 7 heteroatoms. The minimum absolute atomic E-state index is 0.0114. The largest absolute Gasteiger partial charge is 0.480 e. The van der Waals surface area contributed by atoms with Gasteiger partial charge in [0.1, 0.15) is 11.9 Å². The number of nitrogens with one attached hydrogen (secondary N) is 1. The van der Waals surface area contributed by atoms with Crippen molar-refractivity contribution in [1.82, 2.24) is 10.2 Å².